The molecule has 0 aliphatic heterocycles. The lowest BCUT2D eigenvalue weighted by atomic mass is 10.2. The van der Waals surface area contributed by atoms with Gasteiger partial charge in [0.15, 0.2) is 0 Å². The third-order valence-corrected chi connectivity index (χ3v) is 1.06. The van der Waals surface area contributed by atoms with E-state index in [4.69, 9.17) is 0 Å². The van der Waals surface area contributed by atoms with E-state index in [0.29, 0.717) is 6.42 Å². The van der Waals surface area contributed by atoms with Crippen molar-refractivity contribution in [3.8, 4) is 0 Å². The summed E-state index contributed by atoms with van der Waals surface area (Å²) >= 11 is 0. The monoisotopic (exact) mass is 158 g/mol. The molecule has 0 aromatic heterocycles. The van der Waals surface area contributed by atoms with Gasteiger partial charge in [-0.3, -0.25) is 0 Å². The maximum Gasteiger partial charge on any atom is 0.516 e. The molecule has 0 heterocycles. The molecule has 0 aliphatic rings. The molecule has 0 radical (unpaired) electrons. The number of carbonyl (C=O) groups excluding carboxylic acids is 2. The molecule has 0 N–H and O–H groups in total. The van der Waals surface area contributed by atoms with Crippen LogP contribution >= 0.6 is 0 Å². The predicted octanol–water partition coefficient (Wildman–Crippen LogP) is 1.26. The van der Waals surface area contributed by atoms with E-state index in [0.717, 1.165) is 7.11 Å². The molecule has 0 saturated heterocycles. The first kappa shape index (κ1) is 9.68. The van der Waals surface area contributed by atoms with E-state index in [2.05, 4.69) is 16.1 Å². The maximum absolute atomic E-state index is 10.7. The zero-order chi connectivity index (χ0) is 8.85. The summed E-state index contributed by atoms with van der Waals surface area (Å²) in [5.41, 5.74) is 0.246. The normalized spacial score (nSPS) is 8.55. The van der Waals surface area contributed by atoms with Gasteiger partial charge in [0, 0.05) is 5.57 Å². The Balaban J connectivity index is 3.88. The standard InChI is InChI=1S/C7H10O4/c1-4-5(2)6(8)11-7(9)10-3/h2,4H2,1,3H3. The van der Waals surface area contributed by atoms with Crippen molar-refractivity contribution in [3.05, 3.63) is 12.2 Å². The van der Waals surface area contributed by atoms with Gasteiger partial charge in [0.05, 0.1) is 7.11 Å². The van der Waals surface area contributed by atoms with Crippen molar-refractivity contribution in [2.75, 3.05) is 7.11 Å². The van der Waals surface area contributed by atoms with Gasteiger partial charge in [0.25, 0.3) is 0 Å². The highest BCUT2D eigenvalue weighted by atomic mass is 16.7. The number of hydrogen-bond acceptors (Lipinski definition) is 4. The van der Waals surface area contributed by atoms with Crippen LogP contribution in [0.25, 0.3) is 0 Å². The SMILES string of the molecule is C=C(CC)C(=O)OC(=O)OC. The van der Waals surface area contributed by atoms with Gasteiger partial charge in [0.2, 0.25) is 0 Å². The van der Waals surface area contributed by atoms with Gasteiger partial charge in [-0.15, -0.1) is 0 Å². The Labute approximate surface area is 64.8 Å². The lowest BCUT2D eigenvalue weighted by molar-refractivity contribution is -0.135. The Morgan fingerprint density at radius 2 is 2.00 bits per heavy atom. The number of methoxy groups -OCH3 is 1. The third kappa shape index (κ3) is 3.40. The molecule has 0 unspecified atom stereocenters. The first-order chi connectivity index (χ1) is 5.11. The lowest BCUT2D eigenvalue weighted by Crippen LogP contribution is -2.13. The number of carbonyl (C=O) groups is 2. The molecule has 0 aromatic carbocycles. The summed E-state index contributed by atoms with van der Waals surface area (Å²) in [6, 6.07) is 0. The molecule has 0 amide bonds. The summed E-state index contributed by atoms with van der Waals surface area (Å²) in [5, 5.41) is 0. The van der Waals surface area contributed by atoms with Crippen LogP contribution in [-0.4, -0.2) is 19.2 Å². The Morgan fingerprint density at radius 1 is 1.45 bits per heavy atom. The first-order valence-corrected chi connectivity index (χ1v) is 3.09. The van der Waals surface area contributed by atoms with Crippen LogP contribution in [0, 0.1) is 0 Å². The topological polar surface area (TPSA) is 52.6 Å². The number of rotatable bonds is 2. The van der Waals surface area contributed by atoms with Gasteiger partial charge in [-0.05, 0) is 6.42 Å². The zero-order valence-electron chi connectivity index (χ0n) is 6.55. The van der Waals surface area contributed by atoms with E-state index in [1.807, 2.05) is 0 Å². The summed E-state index contributed by atoms with van der Waals surface area (Å²) in [4.78, 5) is 21.1. The molecule has 0 atom stereocenters. The summed E-state index contributed by atoms with van der Waals surface area (Å²) in [7, 11) is 1.13. The van der Waals surface area contributed by atoms with Crippen molar-refractivity contribution in [2.45, 2.75) is 13.3 Å². The van der Waals surface area contributed by atoms with Gasteiger partial charge >= 0.3 is 12.1 Å². The minimum Gasteiger partial charge on any atom is -0.437 e. The average molecular weight is 158 g/mol. The number of ether oxygens (including phenoxy) is 2. The van der Waals surface area contributed by atoms with Gasteiger partial charge in [0.1, 0.15) is 0 Å². The van der Waals surface area contributed by atoms with E-state index >= 15 is 0 Å². The Bertz CT molecular complexity index is 183. The highest BCUT2D eigenvalue weighted by Crippen LogP contribution is 1.99. The van der Waals surface area contributed by atoms with Crippen LogP contribution in [0.4, 0.5) is 4.79 Å². The van der Waals surface area contributed by atoms with Crippen LogP contribution in [0.15, 0.2) is 12.2 Å². The fraction of sp³-hybridized carbons (Fsp3) is 0.429. The smallest absolute Gasteiger partial charge is 0.437 e. The summed E-state index contributed by atoms with van der Waals surface area (Å²) in [5.74, 6) is -0.737. The van der Waals surface area contributed by atoms with Crippen LogP contribution in [0.1, 0.15) is 13.3 Å². The molecular weight excluding hydrogens is 148 g/mol. The minimum atomic E-state index is -1.01. The molecule has 62 valence electrons. The van der Waals surface area contributed by atoms with Crippen LogP contribution < -0.4 is 0 Å². The second-order valence-corrected chi connectivity index (χ2v) is 1.80. The molecule has 0 aromatic rings. The zero-order valence-corrected chi connectivity index (χ0v) is 6.55. The van der Waals surface area contributed by atoms with Crippen molar-refractivity contribution >= 4 is 12.1 Å². The van der Waals surface area contributed by atoms with Gasteiger partial charge in [-0.25, -0.2) is 9.59 Å². The largest absolute Gasteiger partial charge is 0.516 e. The fourth-order valence-electron chi connectivity index (χ4n) is 0.334. The molecular formula is C7H10O4. The van der Waals surface area contributed by atoms with Gasteiger partial charge < -0.3 is 9.47 Å². The van der Waals surface area contributed by atoms with Crippen molar-refractivity contribution in [3.63, 3.8) is 0 Å². The average Bonchev–Trinajstić information content (AvgIpc) is 2.02. The molecule has 0 spiro atoms. The Kier molecular flexibility index (Phi) is 3.95. The highest BCUT2D eigenvalue weighted by Gasteiger charge is 2.11. The fourth-order valence-corrected chi connectivity index (χ4v) is 0.334. The van der Waals surface area contributed by atoms with Crippen LogP contribution in [0.2, 0.25) is 0 Å². The molecule has 4 nitrogen and oxygen atoms in total. The second-order valence-electron chi connectivity index (χ2n) is 1.80. The number of esters is 1. The van der Waals surface area contributed by atoms with Crippen molar-refractivity contribution in [1.29, 1.82) is 0 Å². The van der Waals surface area contributed by atoms with E-state index in [9.17, 15) is 9.59 Å². The summed E-state index contributed by atoms with van der Waals surface area (Å²) < 4.78 is 8.25. The molecule has 4 heteroatoms. The van der Waals surface area contributed by atoms with Crippen LogP contribution in [0.5, 0.6) is 0 Å². The maximum atomic E-state index is 10.7. The van der Waals surface area contributed by atoms with Gasteiger partial charge in [-0.1, -0.05) is 13.5 Å². The van der Waals surface area contributed by atoms with Crippen molar-refractivity contribution in [1.82, 2.24) is 0 Å². The third-order valence-electron chi connectivity index (χ3n) is 1.06. The van der Waals surface area contributed by atoms with Crippen LogP contribution in [0.3, 0.4) is 0 Å². The summed E-state index contributed by atoms with van der Waals surface area (Å²) in [6.07, 6.45) is -0.555. The van der Waals surface area contributed by atoms with E-state index in [1.165, 1.54) is 0 Å². The molecule has 0 saturated carbocycles. The molecule has 0 rings (SSSR count). The van der Waals surface area contributed by atoms with E-state index in [1.54, 1.807) is 6.92 Å². The van der Waals surface area contributed by atoms with Gasteiger partial charge in [-0.2, -0.15) is 0 Å². The van der Waals surface area contributed by atoms with Crippen LogP contribution in [-0.2, 0) is 14.3 Å². The van der Waals surface area contributed by atoms with E-state index < -0.39 is 12.1 Å². The Hall–Kier alpha value is -1.32. The highest BCUT2D eigenvalue weighted by molar-refractivity contribution is 5.93. The second kappa shape index (κ2) is 4.49. The number of hydrogen-bond donors (Lipinski definition) is 0. The summed E-state index contributed by atoms with van der Waals surface area (Å²) in [6.45, 7) is 5.12. The minimum absolute atomic E-state index is 0.246. The quantitative estimate of drug-likeness (QED) is 0.345. The predicted molar refractivity (Wildman–Crippen MR) is 37.9 cm³/mol. The lowest BCUT2D eigenvalue weighted by Gasteiger charge is -2.00. The molecule has 0 aliphatic carbocycles. The molecule has 0 fully saturated rings. The van der Waals surface area contributed by atoms with E-state index in [-0.39, 0.29) is 5.57 Å². The Morgan fingerprint density at radius 3 is 2.36 bits per heavy atom. The molecule has 0 bridgehead atoms. The molecule has 11 heavy (non-hydrogen) atoms. The van der Waals surface area contributed by atoms with Crippen molar-refractivity contribution in [2.24, 2.45) is 0 Å². The first-order valence-electron chi connectivity index (χ1n) is 3.09. The van der Waals surface area contributed by atoms with Crippen molar-refractivity contribution < 1.29 is 19.1 Å².